The van der Waals surface area contributed by atoms with Crippen molar-refractivity contribution in [2.24, 2.45) is 0 Å². The molecular weight excluding hydrogens is 176 g/mol. The molecule has 0 spiro atoms. The molecule has 0 aliphatic carbocycles. The molecule has 2 nitrogen and oxygen atoms in total. The molecule has 0 rings (SSSR count). The lowest BCUT2D eigenvalue weighted by molar-refractivity contribution is -0.104. The number of hydrogen-bond acceptors (Lipinski definition) is 2. The van der Waals surface area contributed by atoms with Gasteiger partial charge in [0.2, 0.25) is 0 Å². The van der Waals surface area contributed by atoms with Gasteiger partial charge >= 0.3 is 0 Å². The quantitative estimate of drug-likeness (QED) is 0.464. The molecule has 0 aromatic rings. The average molecular weight is 198 g/mol. The summed E-state index contributed by atoms with van der Waals surface area (Å²) in [5.74, 6) is 0. The molecule has 0 aliphatic heterocycles. The highest BCUT2D eigenvalue weighted by Crippen LogP contribution is 2.19. The van der Waals surface area contributed by atoms with Gasteiger partial charge in [0, 0.05) is 6.61 Å². The molecule has 0 atom stereocenters. The van der Waals surface area contributed by atoms with Crippen LogP contribution >= 0.6 is 0 Å². The summed E-state index contributed by atoms with van der Waals surface area (Å²) in [6, 6.07) is 0. The Balaban J connectivity index is 3.72. The highest BCUT2D eigenvalue weighted by atomic mass is 16.5. The standard InChI is InChI=1S/C12H22O2/c1-5-14-12(3,4)9-6-7-11(2)8-10-13/h8,10H,5-7,9H2,1-4H3/b11-8+. The molecule has 0 heterocycles. The third-order valence-corrected chi connectivity index (χ3v) is 2.24. The molecule has 0 saturated carbocycles. The van der Waals surface area contributed by atoms with Crippen LogP contribution in [0.4, 0.5) is 0 Å². The van der Waals surface area contributed by atoms with Crippen LogP contribution in [0.2, 0.25) is 0 Å². The molecule has 0 N–H and O–H groups in total. The number of hydrogen-bond donors (Lipinski definition) is 0. The van der Waals surface area contributed by atoms with Gasteiger partial charge in [0.25, 0.3) is 0 Å². The summed E-state index contributed by atoms with van der Waals surface area (Å²) in [5.41, 5.74) is 1.11. The summed E-state index contributed by atoms with van der Waals surface area (Å²) in [6.07, 6.45) is 5.57. The number of ether oxygens (including phenoxy) is 1. The second-order valence-corrected chi connectivity index (χ2v) is 4.20. The minimum absolute atomic E-state index is 0.0315. The van der Waals surface area contributed by atoms with Crippen molar-refractivity contribution in [2.45, 2.75) is 52.6 Å². The fourth-order valence-electron chi connectivity index (χ4n) is 1.46. The summed E-state index contributed by atoms with van der Waals surface area (Å²) < 4.78 is 5.58. The second kappa shape index (κ2) is 6.77. The maximum absolute atomic E-state index is 10.2. The van der Waals surface area contributed by atoms with Gasteiger partial charge in [-0.3, -0.25) is 4.79 Å². The summed E-state index contributed by atoms with van der Waals surface area (Å²) in [5, 5.41) is 0. The van der Waals surface area contributed by atoms with E-state index in [0.29, 0.717) is 0 Å². The number of aldehydes is 1. The van der Waals surface area contributed by atoms with Crippen molar-refractivity contribution in [2.75, 3.05) is 6.61 Å². The van der Waals surface area contributed by atoms with Crippen LogP contribution < -0.4 is 0 Å². The smallest absolute Gasteiger partial charge is 0.142 e. The largest absolute Gasteiger partial charge is 0.376 e. The minimum atomic E-state index is -0.0315. The first-order chi connectivity index (χ1) is 6.52. The molecule has 0 radical (unpaired) electrons. The SMILES string of the molecule is CCOC(C)(C)CCC/C(C)=C/C=O. The third kappa shape index (κ3) is 6.84. The van der Waals surface area contributed by atoms with E-state index in [2.05, 4.69) is 13.8 Å². The van der Waals surface area contributed by atoms with Gasteiger partial charge in [-0.05, 0) is 53.0 Å². The number of allylic oxidation sites excluding steroid dienone is 2. The Labute approximate surface area is 87.3 Å². The van der Waals surface area contributed by atoms with Crippen molar-refractivity contribution in [3.8, 4) is 0 Å². The number of rotatable bonds is 7. The van der Waals surface area contributed by atoms with Crippen molar-refractivity contribution in [1.29, 1.82) is 0 Å². The predicted molar refractivity (Wildman–Crippen MR) is 59.4 cm³/mol. The zero-order valence-electron chi connectivity index (χ0n) is 9.80. The van der Waals surface area contributed by atoms with E-state index in [1.54, 1.807) is 6.08 Å². The second-order valence-electron chi connectivity index (χ2n) is 4.20. The lowest BCUT2D eigenvalue weighted by atomic mass is 9.99. The van der Waals surface area contributed by atoms with Gasteiger partial charge < -0.3 is 4.74 Å². The third-order valence-electron chi connectivity index (χ3n) is 2.24. The summed E-state index contributed by atoms with van der Waals surface area (Å²) in [4.78, 5) is 10.2. The molecule has 14 heavy (non-hydrogen) atoms. The molecule has 0 saturated heterocycles. The molecule has 2 heteroatoms. The van der Waals surface area contributed by atoms with Crippen molar-refractivity contribution in [1.82, 2.24) is 0 Å². The van der Waals surface area contributed by atoms with E-state index >= 15 is 0 Å². The van der Waals surface area contributed by atoms with E-state index < -0.39 is 0 Å². The van der Waals surface area contributed by atoms with Crippen LogP contribution in [0.3, 0.4) is 0 Å². The number of carbonyl (C=O) groups is 1. The van der Waals surface area contributed by atoms with Crippen molar-refractivity contribution in [3.05, 3.63) is 11.6 Å². The Morgan fingerprint density at radius 3 is 2.57 bits per heavy atom. The van der Waals surface area contributed by atoms with Gasteiger partial charge in [-0.1, -0.05) is 5.57 Å². The Kier molecular flexibility index (Phi) is 6.46. The highest BCUT2D eigenvalue weighted by Gasteiger charge is 2.16. The molecule has 82 valence electrons. The molecule has 0 bridgehead atoms. The van der Waals surface area contributed by atoms with Gasteiger partial charge in [0.1, 0.15) is 6.29 Å². The Bertz CT molecular complexity index is 192. The van der Waals surface area contributed by atoms with Crippen molar-refractivity contribution >= 4 is 6.29 Å². The molecular formula is C12H22O2. The predicted octanol–water partition coefficient (Wildman–Crippen LogP) is 3.12. The van der Waals surface area contributed by atoms with E-state index in [1.807, 2.05) is 13.8 Å². The first kappa shape index (κ1) is 13.4. The Morgan fingerprint density at radius 1 is 1.43 bits per heavy atom. The van der Waals surface area contributed by atoms with Crippen LogP contribution in [0.1, 0.15) is 47.0 Å². The molecule has 0 aromatic carbocycles. The topological polar surface area (TPSA) is 26.3 Å². The van der Waals surface area contributed by atoms with Gasteiger partial charge in [-0.25, -0.2) is 0 Å². The van der Waals surface area contributed by atoms with Crippen LogP contribution in [0, 0.1) is 0 Å². The minimum Gasteiger partial charge on any atom is -0.376 e. The van der Waals surface area contributed by atoms with E-state index in [0.717, 1.165) is 37.7 Å². The van der Waals surface area contributed by atoms with E-state index in [9.17, 15) is 4.79 Å². The van der Waals surface area contributed by atoms with Gasteiger partial charge in [-0.2, -0.15) is 0 Å². The maximum Gasteiger partial charge on any atom is 0.142 e. The van der Waals surface area contributed by atoms with Crippen LogP contribution in [0.15, 0.2) is 11.6 Å². The first-order valence-electron chi connectivity index (χ1n) is 5.26. The lowest BCUT2D eigenvalue weighted by Gasteiger charge is -2.24. The summed E-state index contributed by atoms with van der Waals surface area (Å²) >= 11 is 0. The van der Waals surface area contributed by atoms with Gasteiger partial charge in [0.15, 0.2) is 0 Å². The molecule has 0 aliphatic rings. The van der Waals surface area contributed by atoms with E-state index in [-0.39, 0.29) is 5.60 Å². The van der Waals surface area contributed by atoms with E-state index in [1.165, 1.54) is 0 Å². The normalized spacial score (nSPS) is 13.0. The monoisotopic (exact) mass is 198 g/mol. The fraction of sp³-hybridized carbons (Fsp3) is 0.750. The molecule has 0 amide bonds. The van der Waals surface area contributed by atoms with Crippen LogP contribution in [0.25, 0.3) is 0 Å². The molecule has 0 aromatic heterocycles. The number of carbonyl (C=O) groups excluding carboxylic acids is 1. The molecule has 0 unspecified atom stereocenters. The van der Waals surface area contributed by atoms with Gasteiger partial charge in [-0.15, -0.1) is 0 Å². The van der Waals surface area contributed by atoms with Crippen molar-refractivity contribution in [3.63, 3.8) is 0 Å². The lowest BCUT2D eigenvalue weighted by Crippen LogP contribution is -2.24. The van der Waals surface area contributed by atoms with Gasteiger partial charge in [0.05, 0.1) is 5.60 Å². The Hall–Kier alpha value is -0.630. The van der Waals surface area contributed by atoms with Crippen LogP contribution in [0.5, 0.6) is 0 Å². The fourth-order valence-corrected chi connectivity index (χ4v) is 1.46. The zero-order chi connectivity index (χ0) is 11.0. The Morgan fingerprint density at radius 2 is 2.07 bits per heavy atom. The van der Waals surface area contributed by atoms with Crippen LogP contribution in [-0.4, -0.2) is 18.5 Å². The first-order valence-corrected chi connectivity index (χ1v) is 5.26. The molecule has 0 fully saturated rings. The highest BCUT2D eigenvalue weighted by molar-refractivity contribution is 5.65. The summed E-state index contributed by atoms with van der Waals surface area (Å²) in [6.45, 7) is 8.97. The zero-order valence-corrected chi connectivity index (χ0v) is 9.80. The summed E-state index contributed by atoms with van der Waals surface area (Å²) in [7, 11) is 0. The van der Waals surface area contributed by atoms with E-state index in [4.69, 9.17) is 4.74 Å². The maximum atomic E-state index is 10.2. The van der Waals surface area contributed by atoms with Crippen molar-refractivity contribution < 1.29 is 9.53 Å². The average Bonchev–Trinajstić information content (AvgIpc) is 2.03. The van der Waals surface area contributed by atoms with Crippen LogP contribution in [-0.2, 0) is 9.53 Å².